The fourth-order valence-electron chi connectivity index (χ4n) is 2.34. The molecule has 6 heteroatoms. The van der Waals surface area contributed by atoms with E-state index in [1.54, 1.807) is 12.1 Å². The number of benzene rings is 1. The van der Waals surface area contributed by atoms with Crippen molar-refractivity contribution >= 4 is 11.6 Å². The molecular weight excluding hydrogens is 304 g/mol. The Morgan fingerprint density at radius 1 is 1.18 bits per heavy atom. The summed E-state index contributed by atoms with van der Waals surface area (Å²) in [6.45, 7) is 4.37. The summed E-state index contributed by atoms with van der Waals surface area (Å²) < 4.78 is 6.84. The molecular formula is C16H19ClN2O3. The fourth-order valence-corrected chi connectivity index (χ4v) is 2.46. The minimum atomic E-state index is -0.445. The van der Waals surface area contributed by atoms with Gasteiger partial charge in [-0.05, 0) is 31.0 Å². The predicted octanol–water partition coefficient (Wildman–Crippen LogP) is 2.34. The van der Waals surface area contributed by atoms with Crippen molar-refractivity contribution < 1.29 is 4.74 Å². The predicted molar refractivity (Wildman–Crippen MR) is 86.6 cm³/mol. The highest BCUT2D eigenvalue weighted by molar-refractivity contribution is 6.30. The zero-order chi connectivity index (χ0) is 16.1. The summed E-state index contributed by atoms with van der Waals surface area (Å²) in [4.78, 5) is 26.5. The van der Waals surface area contributed by atoms with Gasteiger partial charge in [-0.25, -0.2) is 4.79 Å². The van der Waals surface area contributed by atoms with E-state index in [9.17, 15) is 9.59 Å². The first-order chi connectivity index (χ1) is 10.6. The van der Waals surface area contributed by atoms with Crippen molar-refractivity contribution in [2.24, 2.45) is 0 Å². The summed E-state index contributed by atoms with van der Waals surface area (Å²) in [6.07, 6.45) is 1.03. The molecule has 0 aliphatic carbocycles. The Morgan fingerprint density at radius 3 is 2.45 bits per heavy atom. The lowest BCUT2D eigenvalue weighted by molar-refractivity contribution is 0.0822. The van der Waals surface area contributed by atoms with Gasteiger partial charge in [0.25, 0.3) is 5.56 Å². The zero-order valence-electron chi connectivity index (χ0n) is 12.7. The molecule has 118 valence electrons. The zero-order valence-corrected chi connectivity index (χ0v) is 13.4. The van der Waals surface area contributed by atoms with Crippen molar-refractivity contribution in [1.82, 2.24) is 9.55 Å². The summed E-state index contributed by atoms with van der Waals surface area (Å²) in [6, 6.07) is 7.36. The van der Waals surface area contributed by atoms with Crippen LogP contribution in [0.25, 0.3) is 0 Å². The Morgan fingerprint density at radius 2 is 1.86 bits per heavy atom. The van der Waals surface area contributed by atoms with Crippen LogP contribution in [0.2, 0.25) is 5.02 Å². The van der Waals surface area contributed by atoms with Crippen molar-refractivity contribution in [3.8, 4) is 0 Å². The number of H-pyrrole nitrogens is 1. The standard InChI is InChI=1S/C16H19ClN2O3/c1-3-13-14(9-11-5-7-12(17)8-6-11)19(10-22-4-2)16(21)18-15(13)20/h5-8H,3-4,9-10H2,1-2H3,(H,18,20,21). The van der Waals surface area contributed by atoms with Crippen molar-refractivity contribution in [3.05, 3.63) is 66.9 Å². The van der Waals surface area contributed by atoms with Crippen molar-refractivity contribution in [2.45, 2.75) is 33.4 Å². The molecule has 0 amide bonds. The van der Waals surface area contributed by atoms with Crippen LogP contribution in [0.3, 0.4) is 0 Å². The summed E-state index contributed by atoms with van der Waals surface area (Å²) in [5.41, 5.74) is 1.50. The maximum absolute atomic E-state index is 12.1. The Labute approximate surface area is 133 Å². The van der Waals surface area contributed by atoms with Gasteiger partial charge in [-0.3, -0.25) is 14.3 Å². The molecule has 1 N–H and O–H groups in total. The molecule has 0 aliphatic rings. The first-order valence-electron chi connectivity index (χ1n) is 7.23. The second-order valence-corrected chi connectivity index (χ2v) is 5.33. The smallest absolute Gasteiger partial charge is 0.330 e. The summed E-state index contributed by atoms with van der Waals surface area (Å²) >= 11 is 5.89. The van der Waals surface area contributed by atoms with E-state index in [0.29, 0.717) is 35.7 Å². The molecule has 2 rings (SSSR count). The van der Waals surface area contributed by atoms with Crippen LogP contribution in [-0.2, 0) is 24.3 Å². The molecule has 0 spiro atoms. The van der Waals surface area contributed by atoms with E-state index in [1.165, 1.54) is 4.57 Å². The molecule has 1 heterocycles. The SMILES string of the molecule is CCOCn1c(Cc2ccc(Cl)cc2)c(CC)c(=O)[nH]c1=O. The van der Waals surface area contributed by atoms with E-state index in [1.807, 2.05) is 26.0 Å². The highest BCUT2D eigenvalue weighted by atomic mass is 35.5. The van der Waals surface area contributed by atoms with Gasteiger partial charge < -0.3 is 4.74 Å². The molecule has 0 fully saturated rings. The van der Waals surface area contributed by atoms with Crippen molar-refractivity contribution in [2.75, 3.05) is 6.61 Å². The van der Waals surface area contributed by atoms with Crippen LogP contribution < -0.4 is 11.2 Å². The van der Waals surface area contributed by atoms with Crippen molar-refractivity contribution in [3.63, 3.8) is 0 Å². The highest BCUT2D eigenvalue weighted by Crippen LogP contribution is 2.15. The number of rotatable bonds is 6. The molecule has 0 aliphatic heterocycles. The van der Waals surface area contributed by atoms with Gasteiger partial charge in [0.15, 0.2) is 0 Å². The summed E-state index contributed by atoms with van der Waals surface area (Å²) in [5.74, 6) is 0. The van der Waals surface area contributed by atoms with Crippen LogP contribution in [0.15, 0.2) is 33.9 Å². The molecule has 0 saturated carbocycles. The van der Waals surface area contributed by atoms with Gasteiger partial charge in [0.05, 0.1) is 0 Å². The Bertz CT molecular complexity index is 747. The second kappa shape index (κ2) is 7.42. The largest absolute Gasteiger partial charge is 0.361 e. The number of nitrogens with one attached hydrogen (secondary N) is 1. The molecule has 0 radical (unpaired) electrons. The molecule has 0 unspecified atom stereocenters. The van der Waals surface area contributed by atoms with Crippen LogP contribution in [0.5, 0.6) is 0 Å². The van der Waals surface area contributed by atoms with Crippen LogP contribution >= 0.6 is 11.6 Å². The van der Waals surface area contributed by atoms with Gasteiger partial charge in [-0.1, -0.05) is 30.7 Å². The van der Waals surface area contributed by atoms with Crippen LogP contribution in [0.4, 0.5) is 0 Å². The minimum Gasteiger partial charge on any atom is -0.361 e. The third-order valence-corrected chi connectivity index (χ3v) is 3.73. The van der Waals surface area contributed by atoms with E-state index >= 15 is 0 Å². The van der Waals surface area contributed by atoms with Gasteiger partial charge >= 0.3 is 5.69 Å². The monoisotopic (exact) mass is 322 g/mol. The summed E-state index contributed by atoms with van der Waals surface area (Å²) in [5, 5.41) is 0.650. The first kappa shape index (κ1) is 16.5. The van der Waals surface area contributed by atoms with E-state index in [-0.39, 0.29) is 12.3 Å². The Balaban J connectivity index is 2.52. The topological polar surface area (TPSA) is 64.1 Å². The van der Waals surface area contributed by atoms with Gasteiger partial charge in [0.2, 0.25) is 0 Å². The Kier molecular flexibility index (Phi) is 5.57. The number of ether oxygens (including phenoxy) is 1. The van der Waals surface area contributed by atoms with E-state index < -0.39 is 5.69 Å². The molecule has 0 atom stereocenters. The summed E-state index contributed by atoms with van der Waals surface area (Å²) in [7, 11) is 0. The quantitative estimate of drug-likeness (QED) is 0.887. The molecule has 0 bridgehead atoms. The molecule has 0 saturated heterocycles. The minimum absolute atomic E-state index is 0.127. The van der Waals surface area contributed by atoms with Gasteiger partial charge in [0, 0.05) is 29.3 Å². The van der Waals surface area contributed by atoms with Gasteiger partial charge in [-0.15, -0.1) is 0 Å². The van der Waals surface area contributed by atoms with E-state index in [2.05, 4.69) is 4.98 Å². The molecule has 1 aromatic heterocycles. The number of halogens is 1. The second-order valence-electron chi connectivity index (χ2n) is 4.89. The number of hydrogen-bond acceptors (Lipinski definition) is 3. The number of aromatic nitrogens is 2. The van der Waals surface area contributed by atoms with Crippen LogP contribution in [0, 0.1) is 0 Å². The first-order valence-corrected chi connectivity index (χ1v) is 7.61. The lowest BCUT2D eigenvalue weighted by atomic mass is 10.0. The average Bonchev–Trinajstić information content (AvgIpc) is 2.49. The molecule has 1 aromatic carbocycles. The van der Waals surface area contributed by atoms with Crippen LogP contribution in [-0.4, -0.2) is 16.2 Å². The number of aromatic amines is 1. The van der Waals surface area contributed by atoms with E-state index in [4.69, 9.17) is 16.3 Å². The normalized spacial score (nSPS) is 10.9. The Hall–Kier alpha value is -1.85. The maximum atomic E-state index is 12.1. The van der Waals surface area contributed by atoms with Gasteiger partial charge in [0.1, 0.15) is 6.73 Å². The maximum Gasteiger partial charge on any atom is 0.330 e. The molecule has 5 nitrogen and oxygen atoms in total. The lowest BCUT2D eigenvalue weighted by Gasteiger charge is -2.15. The third-order valence-electron chi connectivity index (χ3n) is 3.48. The highest BCUT2D eigenvalue weighted by Gasteiger charge is 2.14. The molecule has 2 aromatic rings. The van der Waals surface area contributed by atoms with E-state index in [0.717, 1.165) is 5.56 Å². The fraction of sp³-hybridized carbons (Fsp3) is 0.375. The van der Waals surface area contributed by atoms with Gasteiger partial charge in [-0.2, -0.15) is 0 Å². The average molecular weight is 323 g/mol. The van der Waals surface area contributed by atoms with Crippen molar-refractivity contribution in [1.29, 1.82) is 0 Å². The molecule has 22 heavy (non-hydrogen) atoms. The lowest BCUT2D eigenvalue weighted by Crippen LogP contribution is -2.36. The number of nitrogens with zero attached hydrogens (tertiary/aromatic N) is 1. The third kappa shape index (κ3) is 3.67. The van der Waals surface area contributed by atoms with Crippen LogP contribution in [0.1, 0.15) is 30.7 Å². The number of hydrogen-bond donors (Lipinski definition) is 1.